The van der Waals surface area contributed by atoms with Crippen LogP contribution in [0.25, 0.3) is 0 Å². The van der Waals surface area contributed by atoms with Crippen molar-refractivity contribution < 1.29 is 14.7 Å². The Morgan fingerprint density at radius 1 is 1.17 bits per heavy atom. The SMILES string of the molecule is CCC(=NOCCCc1ccccc1)c1ccc(C(=O)N2CCC(N)(CO)C2)cc1. The van der Waals surface area contributed by atoms with E-state index >= 15 is 0 Å². The molecule has 30 heavy (non-hydrogen) atoms. The van der Waals surface area contributed by atoms with Crippen molar-refractivity contribution in [3.63, 3.8) is 0 Å². The molecule has 6 nitrogen and oxygen atoms in total. The van der Waals surface area contributed by atoms with E-state index in [1.807, 2.05) is 49.4 Å². The molecule has 6 heteroatoms. The number of nitrogens with two attached hydrogens (primary N) is 1. The maximum Gasteiger partial charge on any atom is 0.253 e. The molecule has 2 aromatic rings. The van der Waals surface area contributed by atoms with Gasteiger partial charge in [0.15, 0.2) is 0 Å². The fourth-order valence-electron chi connectivity index (χ4n) is 3.62. The Balaban J connectivity index is 1.53. The Hall–Kier alpha value is -2.70. The van der Waals surface area contributed by atoms with Crippen molar-refractivity contribution in [1.29, 1.82) is 0 Å². The van der Waals surface area contributed by atoms with Crippen LogP contribution < -0.4 is 5.73 Å². The highest BCUT2D eigenvalue weighted by Crippen LogP contribution is 2.21. The van der Waals surface area contributed by atoms with Gasteiger partial charge in [-0.15, -0.1) is 0 Å². The first-order valence-electron chi connectivity index (χ1n) is 10.6. The molecule has 1 aliphatic rings. The number of hydrogen-bond donors (Lipinski definition) is 2. The zero-order valence-electron chi connectivity index (χ0n) is 17.6. The molecule has 1 fully saturated rings. The van der Waals surface area contributed by atoms with Crippen molar-refractivity contribution in [3.05, 3.63) is 71.3 Å². The van der Waals surface area contributed by atoms with Crippen LogP contribution in [0.15, 0.2) is 59.8 Å². The van der Waals surface area contributed by atoms with Gasteiger partial charge in [-0.2, -0.15) is 0 Å². The van der Waals surface area contributed by atoms with Crippen LogP contribution in [-0.4, -0.2) is 53.5 Å². The standard InChI is InChI=1S/C24H31N3O3/c1-2-22(26-30-16-6-9-19-7-4-3-5-8-19)20-10-12-21(13-11-20)23(29)27-15-14-24(25,17-27)18-28/h3-5,7-8,10-13,28H,2,6,9,14-18,25H2,1H3. The van der Waals surface area contributed by atoms with E-state index in [2.05, 4.69) is 17.3 Å². The largest absolute Gasteiger partial charge is 0.396 e. The van der Waals surface area contributed by atoms with Gasteiger partial charge in [-0.3, -0.25) is 4.79 Å². The number of likely N-dealkylation sites (tertiary alicyclic amines) is 1. The van der Waals surface area contributed by atoms with Gasteiger partial charge in [0.25, 0.3) is 5.91 Å². The lowest BCUT2D eigenvalue weighted by Gasteiger charge is -2.22. The third-order valence-electron chi connectivity index (χ3n) is 5.51. The lowest BCUT2D eigenvalue weighted by Crippen LogP contribution is -2.46. The predicted octanol–water partition coefficient (Wildman–Crippen LogP) is 2.99. The quantitative estimate of drug-likeness (QED) is 0.379. The van der Waals surface area contributed by atoms with Crippen molar-refractivity contribution in [2.24, 2.45) is 10.9 Å². The van der Waals surface area contributed by atoms with Crippen molar-refractivity contribution >= 4 is 11.6 Å². The molecular weight excluding hydrogens is 378 g/mol. The number of aliphatic hydroxyl groups excluding tert-OH is 1. The minimum atomic E-state index is -0.685. The van der Waals surface area contributed by atoms with Crippen LogP contribution in [0, 0.1) is 0 Å². The molecular formula is C24H31N3O3. The zero-order chi connectivity index (χ0) is 21.4. The molecule has 0 saturated carbocycles. The minimum absolute atomic E-state index is 0.0607. The fraction of sp³-hybridized carbons (Fsp3) is 0.417. The number of oxime groups is 1. The van der Waals surface area contributed by atoms with Gasteiger partial charge in [0.1, 0.15) is 6.61 Å². The summed E-state index contributed by atoms with van der Waals surface area (Å²) in [5, 5.41) is 13.7. The Bertz CT molecular complexity index is 852. The van der Waals surface area contributed by atoms with Crippen LogP contribution in [0.3, 0.4) is 0 Å². The molecule has 0 radical (unpaired) electrons. The van der Waals surface area contributed by atoms with Gasteiger partial charge in [0.2, 0.25) is 0 Å². The van der Waals surface area contributed by atoms with Gasteiger partial charge in [0.05, 0.1) is 17.9 Å². The molecule has 0 spiro atoms. The number of benzene rings is 2. The van der Waals surface area contributed by atoms with Crippen molar-refractivity contribution in [2.75, 3.05) is 26.3 Å². The summed E-state index contributed by atoms with van der Waals surface area (Å²) < 4.78 is 0. The highest BCUT2D eigenvalue weighted by molar-refractivity contribution is 6.01. The molecule has 1 unspecified atom stereocenters. The van der Waals surface area contributed by atoms with Crippen molar-refractivity contribution in [3.8, 4) is 0 Å². The number of nitrogens with zero attached hydrogens (tertiary/aromatic N) is 2. The van der Waals surface area contributed by atoms with E-state index < -0.39 is 5.54 Å². The van der Waals surface area contributed by atoms with E-state index in [1.165, 1.54) is 5.56 Å². The van der Waals surface area contributed by atoms with Gasteiger partial charge < -0.3 is 20.6 Å². The van der Waals surface area contributed by atoms with E-state index in [0.717, 1.165) is 30.5 Å². The second kappa shape index (κ2) is 10.4. The minimum Gasteiger partial charge on any atom is -0.396 e. The van der Waals surface area contributed by atoms with Crippen LogP contribution >= 0.6 is 0 Å². The first kappa shape index (κ1) is 22.0. The number of carbonyl (C=O) groups excluding carboxylic acids is 1. The average Bonchev–Trinajstić information content (AvgIpc) is 3.19. The Morgan fingerprint density at radius 2 is 1.87 bits per heavy atom. The third-order valence-corrected chi connectivity index (χ3v) is 5.51. The molecule has 3 N–H and O–H groups in total. The van der Waals surface area contributed by atoms with Gasteiger partial charge in [-0.25, -0.2) is 0 Å². The van der Waals surface area contributed by atoms with E-state index in [0.29, 0.717) is 31.7 Å². The summed E-state index contributed by atoms with van der Waals surface area (Å²) >= 11 is 0. The Labute approximate surface area is 178 Å². The number of rotatable bonds is 9. The maximum atomic E-state index is 12.7. The summed E-state index contributed by atoms with van der Waals surface area (Å²) in [5.41, 5.74) is 9.10. The number of hydrogen-bond acceptors (Lipinski definition) is 5. The second-order valence-electron chi connectivity index (χ2n) is 7.89. The van der Waals surface area contributed by atoms with Gasteiger partial charge in [0, 0.05) is 18.7 Å². The van der Waals surface area contributed by atoms with Gasteiger partial charge in [-0.05, 0) is 48.9 Å². The first-order chi connectivity index (χ1) is 14.5. The molecule has 1 aliphatic heterocycles. The normalized spacial score (nSPS) is 19.2. The van der Waals surface area contributed by atoms with Gasteiger partial charge in [-0.1, -0.05) is 54.5 Å². The summed E-state index contributed by atoms with van der Waals surface area (Å²) in [6.45, 7) is 3.43. The summed E-state index contributed by atoms with van der Waals surface area (Å²) in [5.74, 6) is -0.0607. The topological polar surface area (TPSA) is 88.2 Å². The average molecular weight is 410 g/mol. The fourth-order valence-corrected chi connectivity index (χ4v) is 3.62. The molecule has 0 aliphatic carbocycles. The molecule has 0 bridgehead atoms. The molecule has 1 saturated heterocycles. The molecule has 160 valence electrons. The monoisotopic (exact) mass is 409 g/mol. The molecule has 1 amide bonds. The molecule has 0 aromatic heterocycles. The molecule has 3 rings (SSSR count). The zero-order valence-corrected chi connectivity index (χ0v) is 17.6. The van der Waals surface area contributed by atoms with Crippen LogP contribution in [0.5, 0.6) is 0 Å². The van der Waals surface area contributed by atoms with Crippen LogP contribution in [-0.2, 0) is 11.3 Å². The number of amides is 1. The summed E-state index contributed by atoms with van der Waals surface area (Å²) in [6, 6.07) is 17.8. The highest BCUT2D eigenvalue weighted by atomic mass is 16.6. The first-order valence-corrected chi connectivity index (χ1v) is 10.6. The van der Waals surface area contributed by atoms with Gasteiger partial charge >= 0.3 is 0 Å². The van der Waals surface area contributed by atoms with E-state index in [4.69, 9.17) is 10.6 Å². The van der Waals surface area contributed by atoms with Crippen LogP contribution in [0.2, 0.25) is 0 Å². The number of carbonyl (C=O) groups is 1. The van der Waals surface area contributed by atoms with Crippen molar-refractivity contribution in [2.45, 2.75) is 38.1 Å². The van der Waals surface area contributed by atoms with Crippen molar-refractivity contribution in [1.82, 2.24) is 4.90 Å². The Morgan fingerprint density at radius 3 is 2.50 bits per heavy atom. The molecule has 1 heterocycles. The lowest BCUT2D eigenvalue weighted by molar-refractivity contribution is 0.0775. The van der Waals surface area contributed by atoms with Crippen LogP contribution in [0.1, 0.15) is 47.7 Å². The summed E-state index contributed by atoms with van der Waals surface area (Å²) in [4.78, 5) is 19.9. The summed E-state index contributed by atoms with van der Waals surface area (Å²) in [6.07, 6.45) is 3.22. The van der Waals surface area contributed by atoms with E-state index in [-0.39, 0.29) is 12.5 Å². The lowest BCUT2D eigenvalue weighted by atomic mass is 10.0. The molecule has 2 aromatic carbocycles. The third kappa shape index (κ3) is 5.68. The van der Waals surface area contributed by atoms with E-state index in [9.17, 15) is 9.90 Å². The highest BCUT2D eigenvalue weighted by Gasteiger charge is 2.36. The molecule has 1 atom stereocenters. The second-order valence-corrected chi connectivity index (χ2v) is 7.89. The number of aryl methyl sites for hydroxylation is 1. The smallest absolute Gasteiger partial charge is 0.253 e. The van der Waals surface area contributed by atoms with Crippen LogP contribution in [0.4, 0.5) is 0 Å². The van der Waals surface area contributed by atoms with E-state index in [1.54, 1.807) is 4.90 Å². The predicted molar refractivity (Wildman–Crippen MR) is 119 cm³/mol. The number of aliphatic hydroxyl groups is 1. The summed E-state index contributed by atoms with van der Waals surface area (Å²) in [7, 11) is 0. The Kier molecular flexibility index (Phi) is 7.60. The maximum absolute atomic E-state index is 12.7.